The minimum atomic E-state index is -0.358. The molecule has 0 heterocycles. The minimum Gasteiger partial charge on any atom is -0.349 e. The summed E-state index contributed by atoms with van der Waals surface area (Å²) in [5.41, 5.74) is 1.54. The van der Waals surface area contributed by atoms with E-state index in [4.69, 9.17) is 0 Å². The second kappa shape index (κ2) is 9.56. The van der Waals surface area contributed by atoms with E-state index in [0.29, 0.717) is 5.69 Å². The zero-order valence-electron chi connectivity index (χ0n) is 15.0. The summed E-state index contributed by atoms with van der Waals surface area (Å²) in [4.78, 5) is 24.0. The highest BCUT2D eigenvalue weighted by molar-refractivity contribution is 5.89. The Bertz CT molecular complexity index is 718. The number of urea groups is 1. The van der Waals surface area contributed by atoms with Gasteiger partial charge in [0.05, 0.1) is 6.04 Å². The predicted molar refractivity (Wildman–Crippen MR) is 100 cm³/mol. The lowest BCUT2D eigenvalue weighted by atomic mass is 9.96. The molecule has 138 valence electrons. The molecule has 0 fully saturated rings. The highest BCUT2D eigenvalue weighted by Gasteiger charge is 2.18. The summed E-state index contributed by atoms with van der Waals surface area (Å²) in [6.07, 6.45) is 0.159. The smallest absolute Gasteiger partial charge is 0.319 e. The first kappa shape index (κ1) is 19.4. The molecule has 0 aliphatic heterocycles. The van der Waals surface area contributed by atoms with Crippen LogP contribution in [-0.4, -0.2) is 18.5 Å². The maximum absolute atomic E-state index is 13.1. The van der Waals surface area contributed by atoms with Crippen LogP contribution in [0, 0.1) is 11.7 Å². The summed E-state index contributed by atoms with van der Waals surface area (Å²) >= 11 is 0. The van der Waals surface area contributed by atoms with E-state index >= 15 is 0 Å². The Kier molecular flexibility index (Phi) is 7.14. The molecule has 1 atom stereocenters. The maximum Gasteiger partial charge on any atom is 0.319 e. The van der Waals surface area contributed by atoms with E-state index in [1.807, 2.05) is 32.0 Å². The summed E-state index contributed by atoms with van der Waals surface area (Å²) in [6.45, 7) is 4.19. The van der Waals surface area contributed by atoms with Gasteiger partial charge in [0.25, 0.3) is 0 Å². The number of nitrogens with one attached hydrogen (secondary N) is 3. The largest absolute Gasteiger partial charge is 0.349 e. The normalized spacial score (nSPS) is 11.7. The van der Waals surface area contributed by atoms with Gasteiger partial charge in [0, 0.05) is 18.7 Å². The van der Waals surface area contributed by atoms with E-state index in [2.05, 4.69) is 16.0 Å². The van der Waals surface area contributed by atoms with Gasteiger partial charge in [0.1, 0.15) is 5.82 Å². The molecule has 5 nitrogen and oxygen atoms in total. The van der Waals surface area contributed by atoms with Crippen LogP contribution in [0.1, 0.15) is 31.9 Å². The predicted octanol–water partition coefficient (Wildman–Crippen LogP) is 3.85. The summed E-state index contributed by atoms with van der Waals surface area (Å²) in [6, 6.07) is 14.6. The van der Waals surface area contributed by atoms with Crippen LogP contribution in [-0.2, 0) is 4.79 Å². The molecular formula is C20H24FN3O2. The zero-order chi connectivity index (χ0) is 18.9. The maximum atomic E-state index is 13.1. The second-order valence-corrected chi connectivity index (χ2v) is 6.34. The molecule has 26 heavy (non-hydrogen) atoms. The highest BCUT2D eigenvalue weighted by Crippen LogP contribution is 2.22. The van der Waals surface area contributed by atoms with E-state index in [1.165, 1.54) is 12.1 Å². The van der Waals surface area contributed by atoms with Gasteiger partial charge in [-0.1, -0.05) is 44.2 Å². The molecule has 0 saturated heterocycles. The average molecular weight is 357 g/mol. The second-order valence-electron chi connectivity index (χ2n) is 6.34. The lowest BCUT2D eigenvalue weighted by molar-refractivity contribution is -0.122. The van der Waals surface area contributed by atoms with Gasteiger partial charge in [0.15, 0.2) is 0 Å². The number of anilines is 1. The van der Waals surface area contributed by atoms with Crippen LogP contribution in [0.5, 0.6) is 0 Å². The van der Waals surface area contributed by atoms with Crippen molar-refractivity contribution < 1.29 is 14.0 Å². The third kappa shape index (κ3) is 6.20. The Morgan fingerprint density at radius 1 is 1.00 bits per heavy atom. The van der Waals surface area contributed by atoms with Gasteiger partial charge < -0.3 is 16.0 Å². The molecule has 0 unspecified atom stereocenters. The fraction of sp³-hybridized carbons (Fsp3) is 0.300. The number of rotatable bonds is 7. The molecule has 0 saturated carbocycles. The SMILES string of the molecule is CC(C)[C@H](NC(=O)CCNC(=O)Nc1ccccc1)c1ccc(F)cc1. The third-order valence-corrected chi connectivity index (χ3v) is 3.88. The Hall–Kier alpha value is -2.89. The summed E-state index contributed by atoms with van der Waals surface area (Å²) in [7, 11) is 0. The summed E-state index contributed by atoms with van der Waals surface area (Å²) < 4.78 is 13.1. The molecule has 2 rings (SSSR count). The van der Waals surface area contributed by atoms with Crippen molar-refractivity contribution in [2.75, 3.05) is 11.9 Å². The van der Waals surface area contributed by atoms with E-state index in [9.17, 15) is 14.0 Å². The third-order valence-electron chi connectivity index (χ3n) is 3.88. The van der Waals surface area contributed by atoms with Gasteiger partial charge in [-0.15, -0.1) is 0 Å². The molecule has 3 amide bonds. The van der Waals surface area contributed by atoms with Crippen molar-refractivity contribution in [3.63, 3.8) is 0 Å². The lowest BCUT2D eigenvalue weighted by Crippen LogP contribution is -2.36. The fourth-order valence-electron chi connectivity index (χ4n) is 2.54. The van der Waals surface area contributed by atoms with E-state index in [-0.39, 0.29) is 42.7 Å². The monoisotopic (exact) mass is 357 g/mol. The first-order valence-corrected chi connectivity index (χ1v) is 8.60. The van der Waals surface area contributed by atoms with Crippen molar-refractivity contribution in [2.24, 2.45) is 5.92 Å². The van der Waals surface area contributed by atoms with E-state index < -0.39 is 0 Å². The van der Waals surface area contributed by atoms with Crippen molar-refractivity contribution in [2.45, 2.75) is 26.3 Å². The van der Waals surface area contributed by atoms with Crippen molar-refractivity contribution in [3.8, 4) is 0 Å². The van der Waals surface area contributed by atoms with E-state index in [0.717, 1.165) is 5.56 Å². The van der Waals surface area contributed by atoms with Crippen LogP contribution in [0.3, 0.4) is 0 Å². The van der Waals surface area contributed by atoms with Gasteiger partial charge in [-0.3, -0.25) is 4.79 Å². The Morgan fingerprint density at radius 3 is 2.27 bits per heavy atom. The number of para-hydroxylation sites is 1. The van der Waals surface area contributed by atoms with Crippen molar-refractivity contribution in [1.29, 1.82) is 0 Å². The van der Waals surface area contributed by atoms with Gasteiger partial charge >= 0.3 is 6.03 Å². The van der Waals surface area contributed by atoms with E-state index in [1.54, 1.807) is 24.3 Å². The highest BCUT2D eigenvalue weighted by atomic mass is 19.1. The Balaban J connectivity index is 1.79. The molecule has 2 aromatic carbocycles. The van der Waals surface area contributed by atoms with Crippen molar-refractivity contribution >= 4 is 17.6 Å². The average Bonchev–Trinajstić information content (AvgIpc) is 2.61. The molecule has 2 aromatic rings. The molecule has 0 aliphatic carbocycles. The number of carbonyl (C=O) groups excluding carboxylic acids is 2. The zero-order valence-corrected chi connectivity index (χ0v) is 15.0. The fourth-order valence-corrected chi connectivity index (χ4v) is 2.54. The lowest BCUT2D eigenvalue weighted by Gasteiger charge is -2.23. The van der Waals surface area contributed by atoms with Crippen LogP contribution in [0.25, 0.3) is 0 Å². The number of halogens is 1. The number of hydrogen-bond acceptors (Lipinski definition) is 2. The van der Waals surface area contributed by atoms with Crippen molar-refractivity contribution in [3.05, 3.63) is 66.0 Å². The number of carbonyl (C=O) groups is 2. The molecule has 3 N–H and O–H groups in total. The minimum absolute atomic E-state index is 0.152. The van der Waals surface area contributed by atoms with Gasteiger partial charge in [-0.2, -0.15) is 0 Å². The molecule has 0 bridgehead atoms. The Morgan fingerprint density at radius 2 is 1.65 bits per heavy atom. The van der Waals surface area contributed by atoms with Crippen LogP contribution >= 0.6 is 0 Å². The Labute approximate surface area is 153 Å². The molecule has 0 spiro atoms. The number of hydrogen-bond donors (Lipinski definition) is 3. The van der Waals surface area contributed by atoms with Gasteiger partial charge in [0.2, 0.25) is 5.91 Å². The quantitative estimate of drug-likeness (QED) is 0.704. The molecule has 0 radical (unpaired) electrons. The van der Waals surface area contributed by atoms with Crippen LogP contribution < -0.4 is 16.0 Å². The molecule has 0 aliphatic rings. The van der Waals surface area contributed by atoms with Crippen LogP contribution in [0.2, 0.25) is 0 Å². The summed E-state index contributed by atoms with van der Waals surface area (Å²) in [5.74, 6) is -0.331. The number of amides is 3. The van der Waals surface area contributed by atoms with Gasteiger partial charge in [-0.05, 0) is 35.7 Å². The topological polar surface area (TPSA) is 70.2 Å². The summed E-state index contributed by atoms with van der Waals surface area (Å²) in [5, 5.41) is 8.28. The van der Waals surface area contributed by atoms with Crippen LogP contribution in [0.15, 0.2) is 54.6 Å². The van der Waals surface area contributed by atoms with Crippen molar-refractivity contribution in [1.82, 2.24) is 10.6 Å². The molecular weight excluding hydrogens is 333 g/mol. The first-order valence-electron chi connectivity index (χ1n) is 8.60. The number of benzene rings is 2. The molecule has 6 heteroatoms. The molecule has 0 aromatic heterocycles. The standard InChI is InChI=1S/C20H24FN3O2/c1-14(2)19(15-8-10-16(21)11-9-15)24-18(25)12-13-22-20(26)23-17-6-4-3-5-7-17/h3-11,14,19H,12-13H2,1-2H3,(H,24,25)(H2,22,23,26)/t19-/m0/s1. The first-order chi connectivity index (χ1) is 12.5. The van der Waals surface area contributed by atoms with Gasteiger partial charge in [-0.25, -0.2) is 9.18 Å². The van der Waals surface area contributed by atoms with Crippen LogP contribution in [0.4, 0.5) is 14.9 Å².